The third-order valence-electron chi connectivity index (χ3n) is 6.87. The second kappa shape index (κ2) is 11.6. The van der Waals surface area contributed by atoms with Gasteiger partial charge in [-0.2, -0.15) is 4.37 Å². The number of nitrogen functional groups attached to an aromatic ring is 1. The summed E-state index contributed by atoms with van der Waals surface area (Å²) in [5.41, 5.74) is 14.5. The number of amides is 3. The molecule has 1 aliphatic carbocycles. The van der Waals surface area contributed by atoms with Crippen LogP contribution in [0.25, 0.3) is 0 Å². The highest BCUT2D eigenvalue weighted by Gasteiger charge is 2.37. The summed E-state index contributed by atoms with van der Waals surface area (Å²) in [4.78, 5) is 43.4. The molecule has 1 aliphatic rings. The molecule has 3 aromatic rings. The van der Waals surface area contributed by atoms with Crippen molar-refractivity contribution in [2.75, 3.05) is 29.6 Å². The van der Waals surface area contributed by atoms with Gasteiger partial charge in [-0.15, -0.1) is 0 Å². The molecule has 1 saturated carbocycles. The fourth-order valence-electron chi connectivity index (χ4n) is 4.73. The van der Waals surface area contributed by atoms with Gasteiger partial charge in [-0.1, -0.05) is 49.1 Å². The number of nitrogens with zero attached hydrogens (tertiary/aromatic N) is 3. The van der Waals surface area contributed by atoms with Crippen LogP contribution >= 0.6 is 11.5 Å². The molecule has 4 rings (SSSR count). The predicted molar refractivity (Wildman–Crippen MR) is 152 cm³/mol. The molecule has 0 saturated heterocycles. The van der Waals surface area contributed by atoms with Crippen LogP contribution in [0.3, 0.4) is 0 Å². The maximum Gasteiger partial charge on any atom is 0.273 e. The fraction of sp³-hybridized carbons (Fsp3) is 0.357. The van der Waals surface area contributed by atoms with E-state index in [4.69, 9.17) is 11.5 Å². The summed E-state index contributed by atoms with van der Waals surface area (Å²) >= 11 is 0.800. The Labute approximate surface area is 227 Å². The van der Waals surface area contributed by atoms with Crippen LogP contribution in [0.1, 0.15) is 69.4 Å². The fourth-order valence-corrected chi connectivity index (χ4v) is 5.47. The lowest BCUT2D eigenvalue weighted by Crippen LogP contribution is -2.47. The summed E-state index contributed by atoms with van der Waals surface area (Å²) in [6, 6.07) is 14.0. The van der Waals surface area contributed by atoms with Crippen molar-refractivity contribution >= 4 is 46.3 Å². The van der Waals surface area contributed by atoms with E-state index in [-0.39, 0.29) is 28.2 Å². The van der Waals surface area contributed by atoms with Crippen molar-refractivity contribution in [3.05, 3.63) is 70.2 Å². The predicted octanol–water partition coefficient (Wildman–Crippen LogP) is 4.04. The van der Waals surface area contributed by atoms with E-state index in [0.29, 0.717) is 11.3 Å². The Morgan fingerprint density at radius 3 is 2.13 bits per heavy atom. The standard InChI is InChI=1S/C28H34N6O3S/c1-17-9-13-21(14-10-17)34(28(37)25-22(29)23(26(30)35)32-38-25)24(18-11-15-20(16-12-18)33(2)3)27(36)31-19-7-5-4-6-8-19/h9-16,19,24H,4-8,29H2,1-3H3,(H2,30,35)(H,31,36)/t24-/m1/s1. The Hall–Kier alpha value is -3.92. The number of nitrogens with two attached hydrogens (primary N) is 2. The SMILES string of the molecule is Cc1ccc(N(C(=O)c2snc(C(N)=O)c2N)[C@@H](C(=O)NC2CCCCC2)c2ccc(N(C)C)cc2)cc1. The number of rotatable bonds is 8. The zero-order chi connectivity index (χ0) is 27.4. The Balaban J connectivity index is 1.84. The van der Waals surface area contributed by atoms with Crippen molar-refractivity contribution in [1.29, 1.82) is 0 Å². The van der Waals surface area contributed by atoms with Gasteiger partial charge in [0.15, 0.2) is 5.69 Å². The van der Waals surface area contributed by atoms with Crippen LogP contribution in [-0.4, -0.2) is 42.2 Å². The first-order chi connectivity index (χ1) is 18.2. The molecular weight excluding hydrogens is 500 g/mol. The molecule has 0 bridgehead atoms. The highest BCUT2D eigenvalue weighted by molar-refractivity contribution is 7.09. The molecule has 1 fully saturated rings. The highest BCUT2D eigenvalue weighted by Crippen LogP contribution is 2.34. The van der Waals surface area contributed by atoms with Gasteiger partial charge >= 0.3 is 0 Å². The maximum absolute atomic E-state index is 14.1. The smallest absolute Gasteiger partial charge is 0.273 e. The first-order valence-corrected chi connectivity index (χ1v) is 13.5. The lowest BCUT2D eigenvalue weighted by atomic mass is 9.94. The lowest BCUT2D eigenvalue weighted by Gasteiger charge is -2.33. The van der Waals surface area contributed by atoms with Crippen LogP contribution in [0.15, 0.2) is 48.5 Å². The van der Waals surface area contributed by atoms with E-state index in [2.05, 4.69) is 9.69 Å². The number of benzene rings is 2. The highest BCUT2D eigenvalue weighted by atomic mass is 32.1. The van der Waals surface area contributed by atoms with Crippen LogP contribution in [0.2, 0.25) is 0 Å². The molecule has 10 heteroatoms. The summed E-state index contributed by atoms with van der Waals surface area (Å²) in [6.07, 6.45) is 5.07. The van der Waals surface area contributed by atoms with E-state index in [1.807, 2.05) is 62.3 Å². The number of aryl methyl sites for hydroxylation is 1. The van der Waals surface area contributed by atoms with Gasteiger partial charge in [0.1, 0.15) is 10.9 Å². The minimum Gasteiger partial charge on any atom is -0.395 e. The van der Waals surface area contributed by atoms with E-state index in [1.165, 1.54) is 4.90 Å². The third kappa shape index (κ3) is 5.80. The second-order valence-corrected chi connectivity index (χ2v) is 10.7. The average Bonchev–Trinajstić information content (AvgIpc) is 3.29. The van der Waals surface area contributed by atoms with Gasteiger partial charge in [0.25, 0.3) is 11.8 Å². The van der Waals surface area contributed by atoms with Crippen molar-refractivity contribution in [2.45, 2.75) is 51.1 Å². The van der Waals surface area contributed by atoms with E-state index in [1.54, 1.807) is 12.1 Å². The molecule has 9 nitrogen and oxygen atoms in total. The molecule has 0 spiro atoms. The number of primary amides is 1. The first kappa shape index (κ1) is 27.1. The van der Waals surface area contributed by atoms with Gasteiger partial charge < -0.3 is 21.7 Å². The zero-order valence-electron chi connectivity index (χ0n) is 21.9. The average molecular weight is 535 g/mol. The molecule has 1 heterocycles. The van der Waals surface area contributed by atoms with Crippen molar-refractivity contribution in [1.82, 2.24) is 9.69 Å². The summed E-state index contributed by atoms with van der Waals surface area (Å²) in [7, 11) is 3.88. The van der Waals surface area contributed by atoms with Crippen LogP contribution in [0, 0.1) is 6.92 Å². The molecule has 1 aromatic heterocycles. The summed E-state index contributed by atoms with van der Waals surface area (Å²) in [5.74, 6) is -1.62. The van der Waals surface area contributed by atoms with E-state index in [9.17, 15) is 14.4 Å². The van der Waals surface area contributed by atoms with E-state index in [0.717, 1.165) is 54.9 Å². The van der Waals surface area contributed by atoms with Crippen molar-refractivity contribution in [3.63, 3.8) is 0 Å². The maximum atomic E-state index is 14.1. The van der Waals surface area contributed by atoms with E-state index < -0.39 is 17.9 Å². The molecule has 200 valence electrons. The van der Waals surface area contributed by atoms with Gasteiger partial charge in [0.05, 0.1) is 5.69 Å². The van der Waals surface area contributed by atoms with Crippen molar-refractivity contribution < 1.29 is 14.4 Å². The van der Waals surface area contributed by atoms with Crippen LogP contribution < -0.4 is 26.6 Å². The number of carbonyl (C=O) groups is 3. The molecule has 5 N–H and O–H groups in total. The van der Waals surface area contributed by atoms with Gasteiger partial charge in [0, 0.05) is 31.5 Å². The summed E-state index contributed by atoms with van der Waals surface area (Å²) in [6.45, 7) is 1.95. The van der Waals surface area contributed by atoms with Gasteiger partial charge in [-0.05, 0) is 61.1 Å². The molecule has 0 aliphatic heterocycles. The van der Waals surface area contributed by atoms with Crippen LogP contribution in [-0.2, 0) is 4.79 Å². The molecule has 0 radical (unpaired) electrons. The Kier molecular flexibility index (Phi) is 8.31. The van der Waals surface area contributed by atoms with E-state index >= 15 is 0 Å². The second-order valence-electron chi connectivity index (χ2n) is 9.88. The molecule has 38 heavy (non-hydrogen) atoms. The van der Waals surface area contributed by atoms with Crippen molar-refractivity contribution in [3.8, 4) is 0 Å². The Morgan fingerprint density at radius 1 is 0.974 bits per heavy atom. The lowest BCUT2D eigenvalue weighted by molar-refractivity contribution is -0.123. The van der Waals surface area contributed by atoms with Gasteiger partial charge in [0.2, 0.25) is 5.91 Å². The number of aromatic nitrogens is 1. The number of hydrogen-bond acceptors (Lipinski definition) is 7. The van der Waals surface area contributed by atoms with Crippen LogP contribution in [0.4, 0.5) is 17.1 Å². The number of hydrogen-bond donors (Lipinski definition) is 3. The molecule has 1 atom stereocenters. The summed E-state index contributed by atoms with van der Waals surface area (Å²) in [5, 5.41) is 3.20. The third-order valence-corrected chi connectivity index (χ3v) is 7.72. The quantitative estimate of drug-likeness (QED) is 0.399. The van der Waals surface area contributed by atoms with Crippen molar-refractivity contribution in [2.24, 2.45) is 5.73 Å². The number of nitrogens with one attached hydrogen (secondary N) is 1. The number of anilines is 3. The molecule has 0 unspecified atom stereocenters. The molecule has 2 aromatic carbocycles. The summed E-state index contributed by atoms with van der Waals surface area (Å²) < 4.78 is 4.02. The Morgan fingerprint density at radius 2 is 1.58 bits per heavy atom. The Bertz CT molecular complexity index is 1300. The van der Waals surface area contributed by atoms with Gasteiger partial charge in [-0.3, -0.25) is 19.3 Å². The monoisotopic (exact) mass is 534 g/mol. The van der Waals surface area contributed by atoms with Gasteiger partial charge in [-0.25, -0.2) is 0 Å². The topological polar surface area (TPSA) is 135 Å². The largest absolute Gasteiger partial charge is 0.395 e. The van der Waals surface area contributed by atoms with Crippen LogP contribution in [0.5, 0.6) is 0 Å². The first-order valence-electron chi connectivity index (χ1n) is 12.7. The minimum atomic E-state index is -0.984. The minimum absolute atomic E-state index is 0.0460. The zero-order valence-corrected chi connectivity index (χ0v) is 22.8. The number of carbonyl (C=O) groups excluding carboxylic acids is 3. The normalized spacial score (nSPS) is 14.5. The molecule has 3 amide bonds. The molecular formula is C28H34N6O3S.